The van der Waals surface area contributed by atoms with Crippen molar-refractivity contribution in [3.8, 4) is 0 Å². The lowest BCUT2D eigenvalue weighted by molar-refractivity contribution is 0.0696. The monoisotopic (exact) mass is 322 g/mol. The van der Waals surface area contributed by atoms with Crippen LogP contribution in [0.15, 0.2) is 4.79 Å². The molecule has 1 N–H and O–H groups in total. The van der Waals surface area contributed by atoms with Crippen LogP contribution >= 0.6 is 22.6 Å². The fourth-order valence-corrected chi connectivity index (χ4v) is 1.92. The van der Waals surface area contributed by atoms with Gasteiger partial charge in [-0.25, -0.2) is 4.98 Å². The van der Waals surface area contributed by atoms with Crippen LogP contribution in [0.5, 0.6) is 0 Å². The van der Waals surface area contributed by atoms with Gasteiger partial charge in [0.15, 0.2) is 0 Å². The molecule has 0 bridgehead atoms. The molecule has 15 heavy (non-hydrogen) atoms. The number of aryl methyl sites for hydroxylation is 1. The molecule has 5 heteroatoms. The Balaban J connectivity index is 3.11. The summed E-state index contributed by atoms with van der Waals surface area (Å²) in [5, 5.41) is 0. The van der Waals surface area contributed by atoms with Crippen molar-refractivity contribution in [1.82, 2.24) is 9.97 Å². The fourth-order valence-electron chi connectivity index (χ4n) is 1.28. The molecule has 1 rings (SSSR count). The van der Waals surface area contributed by atoms with Crippen LogP contribution < -0.4 is 5.56 Å². The van der Waals surface area contributed by atoms with E-state index >= 15 is 0 Å². The number of hydrogen-bond donors (Lipinski definition) is 1. The van der Waals surface area contributed by atoms with Crippen molar-refractivity contribution in [3.05, 3.63) is 25.4 Å². The van der Waals surface area contributed by atoms with Gasteiger partial charge in [-0.1, -0.05) is 6.92 Å². The van der Waals surface area contributed by atoms with E-state index in [0.717, 1.165) is 12.1 Å². The molecular formula is C10H15IN2O2. The highest BCUT2D eigenvalue weighted by Crippen LogP contribution is 2.13. The number of hydrogen-bond acceptors (Lipinski definition) is 3. The second-order valence-corrected chi connectivity index (χ2v) is 4.24. The van der Waals surface area contributed by atoms with Gasteiger partial charge in [-0.3, -0.25) is 4.79 Å². The summed E-state index contributed by atoms with van der Waals surface area (Å²) in [6.45, 7) is 6.40. The number of nitrogens with one attached hydrogen (secondary N) is 1. The summed E-state index contributed by atoms with van der Waals surface area (Å²) in [6, 6.07) is 0. The number of nitrogens with zero attached hydrogens (tertiary/aromatic N) is 1. The largest absolute Gasteiger partial charge is 0.371 e. The van der Waals surface area contributed by atoms with Crippen molar-refractivity contribution < 1.29 is 4.74 Å². The Morgan fingerprint density at radius 2 is 2.20 bits per heavy atom. The van der Waals surface area contributed by atoms with E-state index in [0.29, 0.717) is 16.0 Å². The highest BCUT2D eigenvalue weighted by atomic mass is 127. The molecule has 0 aliphatic rings. The Kier molecular flexibility index (Phi) is 4.72. The van der Waals surface area contributed by atoms with Crippen LogP contribution in [-0.2, 0) is 11.2 Å². The summed E-state index contributed by atoms with van der Waals surface area (Å²) in [5.41, 5.74) is 0.755. The summed E-state index contributed by atoms with van der Waals surface area (Å²) in [4.78, 5) is 18.7. The first-order valence-electron chi connectivity index (χ1n) is 5.00. The zero-order valence-corrected chi connectivity index (χ0v) is 11.3. The van der Waals surface area contributed by atoms with Gasteiger partial charge in [0, 0.05) is 6.61 Å². The lowest BCUT2D eigenvalue weighted by Gasteiger charge is -2.12. The smallest absolute Gasteiger partial charge is 0.264 e. The van der Waals surface area contributed by atoms with Crippen molar-refractivity contribution in [2.75, 3.05) is 6.61 Å². The highest BCUT2D eigenvalue weighted by Gasteiger charge is 2.12. The number of aromatic nitrogens is 2. The molecule has 1 atom stereocenters. The first-order chi connectivity index (χ1) is 7.10. The average Bonchev–Trinajstić information content (AvgIpc) is 2.22. The molecule has 1 aromatic heterocycles. The molecule has 84 valence electrons. The van der Waals surface area contributed by atoms with E-state index in [-0.39, 0.29) is 11.7 Å². The molecule has 0 amide bonds. The molecule has 4 nitrogen and oxygen atoms in total. The second kappa shape index (κ2) is 5.60. The number of halogens is 1. The van der Waals surface area contributed by atoms with Gasteiger partial charge in [-0.2, -0.15) is 0 Å². The van der Waals surface area contributed by atoms with Crippen LogP contribution in [0.25, 0.3) is 0 Å². The van der Waals surface area contributed by atoms with Crippen LogP contribution in [0.1, 0.15) is 38.4 Å². The van der Waals surface area contributed by atoms with Crippen LogP contribution in [0.2, 0.25) is 0 Å². The molecule has 0 fully saturated rings. The lowest BCUT2D eigenvalue weighted by Crippen LogP contribution is -2.20. The van der Waals surface area contributed by atoms with E-state index in [1.807, 2.05) is 43.4 Å². The molecule has 0 aliphatic carbocycles. The average molecular weight is 322 g/mol. The van der Waals surface area contributed by atoms with Crippen LogP contribution in [0.3, 0.4) is 0 Å². The normalized spacial score (nSPS) is 12.8. The van der Waals surface area contributed by atoms with Gasteiger partial charge in [0.1, 0.15) is 11.9 Å². The van der Waals surface area contributed by atoms with Crippen molar-refractivity contribution in [2.45, 2.75) is 33.3 Å². The van der Waals surface area contributed by atoms with Crippen molar-refractivity contribution in [2.24, 2.45) is 0 Å². The highest BCUT2D eigenvalue weighted by molar-refractivity contribution is 14.1. The molecular weight excluding hydrogens is 307 g/mol. The summed E-state index contributed by atoms with van der Waals surface area (Å²) in [7, 11) is 0. The summed E-state index contributed by atoms with van der Waals surface area (Å²) in [5.74, 6) is 0.610. The Morgan fingerprint density at radius 3 is 2.73 bits per heavy atom. The minimum Gasteiger partial charge on any atom is -0.371 e. The second-order valence-electron chi connectivity index (χ2n) is 3.16. The van der Waals surface area contributed by atoms with E-state index in [1.54, 1.807) is 0 Å². The molecule has 0 aromatic carbocycles. The Labute approximate surface area is 103 Å². The van der Waals surface area contributed by atoms with Gasteiger partial charge in [0.25, 0.3) is 5.56 Å². The first kappa shape index (κ1) is 12.6. The molecule has 0 radical (unpaired) electrons. The van der Waals surface area contributed by atoms with E-state index in [9.17, 15) is 4.79 Å². The van der Waals surface area contributed by atoms with E-state index in [2.05, 4.69) is 9.97 Å². The third-order valence-corrected chi connectivity index (χ3v) is 3.20. The third kappa shape index (κ3) is 3.01. The molecule has 0 saturated heterocycles. The maximum Gasteiger partial charge on any atom is 0.264 e. The van der Waals surface area contributed by atoms with E-state index in [1.165, 1.54) is 0 Å². The van der Waals surface area contributed by atoms with Crippen molar-refractivity contribution >= 4 is 22.6 Å². The van der Waals surface area contributed by atoms with E-state index < -0.39 is 0 Å². The first-order valence-corrected chi connectivity index (χ1v) is 6.08. The Bertz CT molecular complexity index is 389. The number of rotatable bonds is 4. The predicted molar refractivity (Wildman–Crippen MR) is 67.0 cm³/mol. The molecule has 0 aliphatic heterocycles. The predicted octanol–water partition coefficient (Wildman–Crippen LogP) is 2.03. The number of H-pyrrole nitrogens is 1. The molecule has 1 unspecified atom stereocenters. The van der Waals surface area contributed by atoms with Crippen molar-refractivity contribution in [3.63, 3.8) is 0 Å². The maximum absolute atomic E-state index is 11.6. The summed E-state index contributed by atoms with van der Waals surface area (Å²) >= 11 is 2.02. The van der Waals surface area contributed by atoms with Gasteiger partial charge < -0.3 is 9.72 Å². The maximum atomic E-state index is 11.6. The van der Waals surface area contributed by atoms with E-state index in [4.69, 9.17) is 4.74 Å². The number of aromatic amines is 1. The Morgan fingerprint density at radius 1 is 1.53 bits per heavy atom. The molecule has 0 spiro atoms. The van der Waals surface area contributed by atoms with Gasteiger partial charge in [-0.15, -0.1) is 0 Å². The van der Waals surface area contributed by atoms with Gasteiger partial charge in [-0.05, 0) is 42.9 Å². The lowest BCUT2D eigenvalue weighted by atomic mass is 10.3. The van der Waals surface area contributed by atoms with Crippen LogP contribution in [0.4, 0.5) is 0 Å². The summed E-state index contributed by atoms with van der Waals surface area (Å²) in [6.07, 6.45) is 0.596. The van der Waals surface area contributed by atoms with Crippen LogP contribution in [-0.4, -0.2) is 16.6 Å². The molecule has 0 saturated carbocycles. The Hall–Kier alpha value is -0.430. The standard InChI is InChI=1S/C10H15IN2O2/c1-4-7-8(11)10(14)13-9(12-7)6(3)15-5-2/h6H,4-5H2,1-3H3,(H,12,13,14). The van der Waals surface area contributed by atoms with Gasteiger partial charge in [0.2, 0.25) is 0 Å². The minimum absolute atomic E-state index is 0.0796. The topological polar surface area (TPSA) is 55.0 Å². The zero-order valence-electron chi connectivity index (χ0n) is 9.13. The quantitative estimate of drug-likeness (QED) is 0.863. The van der Waals surface area contributed by atoms with Crippen molar-refractivity contribution in [1.29, 1.82) is 0 Å². The fraction of sp³-hybridized carbons (Fsp3) is 0.600. The zero-order chi connectivity index (χ0) is 11.4. The SMILES string of the molecule is CCOC(C)c1nc(CC)c(I)c(=O)[nH]1. The number of ether oxygens (including phenoxy) is 1. The summed E-state index contributed by atoms with van der Waals surface area (Å²) < 4.78 is 6.06. The molecule has 1 aromatic rings. The van der Waals surface area contributed by atoms with Crippen LogP contribution in [0, 0.1) is 3.57 Å². The third-order valence-electron chi connectivity index (χ3n) is 2.09. The van der Waals surface area contributed by atoms with Gasteiger partial charge >= 0.3 is 0 Å². The van der Waals surface area contributed by atoms with Gasteiger partial charge in [0.05, 0.1) is 9.26 Å². The molecule has 1 heterocycles. The minimum atomic E-state index is -0.162.